The number of carbonyl (C=O) groups is 4. The minimum absolute atomic E-state index is 0.0127. The van der Waals surface area contributed by atoms with Crippen LogP contribution < -0.4 is 16.4 Å². The first-order chi connectivity index (χ1) is 21.2. The number of carbonyl (C=O) groups excluding carboxylic acids is 4. The highest BCUT2D eigenvalue weighted by atomic mass is 16.2. The molecule has 0 aliphatic rings. The van der Waals surface area contributed by atoms with Gasteiger partial charge in [-0.2, -0.15) is 0 Å². The van der Waals surface area contributed by atoms with Gasteiger partial charge in [0.05, 0.1) is 24.3 Å². The molecule has 1 aromatic heterocycles. The Kier molecular flexibility index (Phi) is 11.5. The first-order valence-corrected chi connectivity index (χ1v) is 15.1. The summed E-state index contributed by atoms with van der Waals surface area (Å²) >= 11 is 0. The van der Waals surface area contributed by atoms with Gasteiger partial charge in [0.25, 0.3) is 0 Å². The Morgan fingerprint density at radius 3 is 2.34 bits per heavy atom. The van der Waals surface area contributed by atoms with Gasteiger partial charge in [-0.1, -0.05) is 86.6 Å². The smallest absolute Gasteiger partial charge is 0.224 e. The van der Waals surface area contributed by atoms with Crippen LogP contribution in [0.4, 0.5) is 0 Å². The van der Waals surface area contributed by atoms with Crippen LogP contribution in [0.2, 0.25) is 0 Å². The van der Waals surface area contributed by atoms with Crippen LogP contribution in [0.25, 0.3) is 10.8 Å². The normalized spacial score (nSPS) is 13.3. The number of nitrogens with zero attached hydrogens (tertiary/aromatic N) is 1. The van der Waals surface area contributed by atoms with Crippen LogP contribution in [0.15, 0.2) is 85.3 Å². The number of hydrogen-bond acceptors (Lipinski definition) is 6. The average Bonchev–Trinajstić information content (AvgIpc) is 3.53. The van der Waals surface area contributed by atoms with Gasteiger partial charge in [0.1, 0.15) is 0 Å². The molecule has 0 bridgehead atoms. The largest absolute Gasteiger partial charge is 0.356 e. The van der Waals surface area contributed by atoms with Gasteiger partial charge in [0.15, 0.2) is 0 Å². The molecule has 2 amide bonds. The fourth-order valence-corrected chi connectivity index (χ4v) is 5.35. The number of rotatable bonds is 16. The van der Waals surface area contributed by atoms with Crippen molar-refractivity contribution >= 4 is 34.2 Å². The van der Waals surface area contributed by atoms with Crippen LogP contribution in [-0.4, -0.2) is 52.0 Å². The Balaban J connectivity index is 1.50. The molecular weight excluding hydrogens is 554 g/mol. The van der Waals surface area contributed by atoms with Crippen molar-refractivity contribution in [1.29, 1.82) is 0 Å². The van der Waals surface area contributed by atoms with Crippen LogP contribution in [0.5, 0.6) is 0 Å². The number of nitrogens with one attached hydrogen (secondary N) is 3. The Morgan fingerprint density at radius 2 is 1.61 bits per heavy atom. The number of fused-ring (bicyclic) bond motifs is 1. The lowest BCUT2D eigenvalue weighted by atomic mass is 9.90. The zero-order valence-electron chi connectivity index (χ0n) is 25.3. The van der Waals surface area contributed by atoms with Crippen LogP contribution in [0.3, 0.4) is 0 Å². The molecule has 44 heavy (non-hydrogen) atoms. The molecule has 3 atom stereocenters. The molecule has 5 N–H and O–H groups in total. The number of aromatic nitrogens is 2. The highest BCUT2D eigenvalue weighted by molar-refractivity contribution is 6.41. The van der Waals surface area contributed by atoms with Gasteiger partial charge < -0.3 is 21.4 Å². The summed E-state index contributed by atoms with van der Waals surface area (Å²) in [6, 6.07) is 21.5. The van der Waals surface area contributed by atoms with E-state index in [1.165, 1.54) is 6.33 Å². The van der Waals surface area contributed by atoms with Gasteiger partial charge in [-0.05, 0) is 47.1 Å². The molecule has 9 nitrogen and oxygen atoms in total. The highest BCUT2D eigenvalue weighted by Crippen LogP contribution is 2.23. The molecular formula is C35H41N5O4. The van der Waals surface area contributed by atoms with E-state index in [1.807, 2.05) is 86.6 Å². The zero-order chi connectivity index (χ0) is 31.5. The van der Waals surface area contributed by atoms with Crippen LogP contribution >= 0.6 is 0 Å². The summed E-state index contributed by atoms with van der Waals surface area (Å²) < 4.78 is 0. The lowest BCUT2D eigenvalue weighted by molar-refractivity contribution is -0.140. The van der Waals surface area contributed by atoms with Crippen molar-refractivity contribution in [2.45, 2.75) is 58.0 Å². The molecule has 4 aromatic rings. The monoisotopic (exact) mass is 595 g/mol. The van der Waals surface area contributed by atoms with E-state index >= 15 is 0 Å². The highest BCUT2D eigenvalue weighted by Gasteiger charge is 2.33. The Morgan fingerprint density at radius 1 is 0.886 bits per heavy atom. The first-order valence-electron chi connectivity index (χ1n) is 15.1. The third kappa shape index (κ3) is 9.18. The third-order valence-corrected chi connectivity index (χ3v) is 7.64. The van der Waals surface area contributed by atoms with E-state index in [-0.39, 0.29) is 37.5 Å². The van der Waals surface area contributed by atoms with Crippen molar-refractivity contribution in [1.82, 2.24) is 20.6 Å². The second kappa shape index (κ2) is 15.7. The van der Waals surface area contributed by atoms with Gasteiger partial charge >= 0.3 is 0 Å². The molecule has 9 heteroatoms. The number of Topliss-reactive ketones (excluding diaryl/α,β-unsaturated/α-hetero) is 2. The van der Waals surface area contributed by atoms with E-state index in [1.54, 1.807) is 6.20 Å². The lowest BCUT2D eigenvalue weighted by Crippen LogP contribution is -2.51. The van der Waals surface area contributed by atoms with Crippen molar-refractivity contribution in [3.05, 3.63) is 102 Å². The van der Waals surface area contributed by atoms with E-state index in [2.05, 4.69) is 20.6 Å². The van der Waals surface area contributed by atoms with Crippen LogP contribution in [0, 0.1) is 11.8 Å². The predicted molar refractivity (Wildman–Crippen MR) is 171 cm³/mol. The standard InChI is InChI=1S/C35H41N5O4/c1-23(2)17-31(34(43)33(42)30(36)20-28-21-37-22-39-28)40-35(44)27(18-26-13-8-12-25-11-6-7-14-29(25)26)19-32(41)38-16-15-24-9-4-3-5-10-24/h3-14,21-23,27,30-31H,15-20,36H2,1-2H3,(H,37,39)(H,38,41)(H,40,44)/t27?,30-,31-/m0/s1. The summed E-state index contributed by atoms with van der Waals surface area (Å²) in [6.07, 6.45) is 4.29. The summed E-state index contributed by atoms with van der Waals surface area (Å²) in [7, 11) is 0. The maximum atomic E-state index is 13.9. The molecule has 4 rings (SSSR count). The second-order valence-electron chi connectivity index (χ2n) is 11.6. The quantitative estimate of drug-likeness (QED) is 0.145. The van der Waals surface area contributed by atoms with E-state index in [4.69, 9.17) is 5.73 Å². The lowest BCUT2D eigenvalue weighted by Gasteiger charge is -2.24. The topological polar surface area (TPSA) is 147 Å². The van der Waals surface area contributed by atoms with Crippen LogP contribution in [-0.2, 0) is 38.4 Å². The Labute approximate surface area is 258 Å². The van der Waals surface area contributed by atoms with Gasteiger partial charge in [0.2, 0.25) is 23.4 Å². The first kappa shape index (κ1) is 32.3. The number of aromatic amines is 1. The number of amides is 2. The zero-order valence-corrected chi connectivity index (χ0v) is 25.3. The van der Waals surface area contributed by atoms with Crippen molar-refractivity contribution in [3.63, 3.8) is 0 Å². The van der Waals surface area contributed by atoms with Crippen molar-refractivity contribution in [2.75, 3.05) is 6.54 Å². The van der Waals surface area contributed by atoms with Crippen LogP contribution in [0.1, 0.15) is 43.5 Å². The molecule has 0 saturated heterocycles. The minimum Gasteiger partial charge on any atom is -0.356 e. The maximum Gasteiger partial charge on any atom is 0.224 e. The molecule has 0 radical (unpaired) electrons. The van der Waals surface area contributed by atoms with Gasteiger partial charge in [0, 0.05) is 31.3 Å². The number of ketones is 2. The van der Waals surface area contributed by atoms with Gasteiger partial charge in [-0.15, -0.1) is 0 Å². The molecule has 0 fully saturated rings. The summed E-state index contributed by atoms with van der Waals surface area (Å²) in [5.41, 5.74) is 8.75. The molecule has 1 heterocycles. The fraction of sp³-hybridized carbons (Fsp3) is 0.343. The summed E-state index contributed by atoms with van der Waals surface area (Å²) in [6.45, 7) is 4.26. The number of hydrogen-bond donors (Lipinski definition) is 4. The summed E-state index contributed by atoms with van der Waals surface area (Å²) in [5.74, 6) is -2.96. The van der Waals surface area contributed by atoms with Gasteiger partial charge in [-0.3, -0.25) is 19.2 Å². The molecule has 3 aromatic carbocycles. The van der Waals surface area contributed by atoms with Crippen molar-refractivity contribution in [3.8, 4) is 0 Å². The van der Waals surface area contributed by atoms with Gasteiger partial charge in [-0.25, -0.2) is 4.98 Å². The minimum atomic E-state index is -1.07. The SMILES string of the molecule is CC(C)C[C@H](NC(=O)C(CC(=O)NCCc1ccccc1)Cc1cccc2ccccc12)C(=O)C(=O)[C@@H](N)Cc1cnc[nH]1. The van der Waals surface area contributed by atoms with E-state index in [0.717, 1.165) is 21.9 Å². The fourth-order valence-electron chi connectivity index (χ4n) is 5.35. The Hall–Kier alpha value is -4.63. The average molecular weight is 596 g/mol. The maximum absolute atomic E-state index is 13.9. The van der Waals surface area contributed by atoms with E-state index in [0.29, 0.717) is 18.7 Å². The summed E-state index contributed by atoms with van der Waals surface area (Å²) in [4.78, 5) is 60.2. The molecule has 230 valence electrons. The Bertz CT molecular complexity index is 1550. The molecule has 0 aliphatic carbocycles. The molecule has 0 saturated carbocycles. The van der Waals surface area contributed by atoms with E-state index < -0.39 is 35.5 Å². The third-order valence-electron chi connectivity index (χ3n) is 7.64. The number of nitrogens with two attached hydrogens (primary N) is 1. The predicted octanol–water partition coefficient (Wildman–Crippen LogP) is 3.71. The second-order valence-corrected chi connectivity index (χ2v) is 11.6. The van der Waals surface area contributed by atoms with Crippen molar-refractivity contribution < 1.29 is 19.2 Å². The number of H-pyrrole nitrogens is 1. The molecule has 0 spiro atoms. The number of imidazole rings is 1. The molecule has 1 unspecified atom stereocenters. The molecule has 0 aliphatic heterocycles. The number of benzene rings is 3. The van der Waals surface area contributed by atoms with E-state index in [9.17, 15) is 19.2 Å². The van der Waals surface area contributed by atoms with Crippen molar-refractivity contribution in [2.24, 2.45) is 17.6 Å². The summed E-state index contributed by atoms with van der Waals surface area (Å²) in [5, 5.41) is 7.79.